The summed E-state index contributed by atoms with van der Waals surface area (Å²) >= 11 is 9.28. The third-order valence-corrected chi connectivity index (χ3v) is 2.88. The van der Waals surface area contributed by atoms with Gasteiger partial charge in [0.2, 0.25) is 0 Å². The zero-order valence-electron chi connectivity index (χ0n) is 7.68. The van der Waals surface area contributed by atoms with Crippen LogP contribution in [0.4, 0.5) is 0 Å². The van der Waals surface area contributed by atoms with E-state index < -0.39 is 5.97 Å². The Balaban J connectivity index is 2.90. The van der Waals surface area contributed by atoms with E-state index in [1.54, 1.807) is 6.07 Å². The molecule has 1 aromatic carbocycles. The molecule has 76 valence electrons. The van der Waals surface area contributed by atoms with Gasteiger partial charge in [0.15, 0.2) is 0 Å². The zero-order valence-corrected chi connectivity index (χ0v) is 10.0. The van der Waals surface area contributed by atoms with Crippen LogP contribution < -0.4 is 0 Å². The Hall–Kier alpha value is -0.540. The fourth-order valence-electron chi connectivity index (χ4n) is 1.20. The summed E-state index contributed by atoms with van der Waals surface area (Å²) in [6.07, 6.45) is 0.647. The van der Waals surface area contributed by atoms with Crippen LogP contribution in [0.3, 0.4) is 0 Å². The molecular formula is C10H10BrClO2. The average Bonchev–Trinajstić information content (AvgIpc) is 2.08. The van der Waals surface area contributed by atoms with Crippen molar-refractivity contribution in [1.29, 1.82) is 0 Å². The quantitative estimate of drug-likeness (QED) is 0.919. The summed E-state index contributed by atoms with van der Waals surface area (Å²) in [5.41, 5.74) is 1.93. The summed E-state index contributed by atoms with van der Waals surface area (Å²) in [5, 5.41) is 9.23. The minimum Gasteiger partial charge on any atom is -0.481 e. The zero-order chi connectivity index (χ0) is 10.7. The number of carboxylic acids is 1. The molecule has 0 bridgehead atoms. The summed E-state index contributed by atoms with van der Waals surface area (Å²) in [4.78, 5) is 10.4. The van der Waals surface area contributed by atoms with Crippen LogP contribution in [0.5, 0.6) is 0 Å². The molecule has 1 N–H and O–H groups in total. The molecule has 1 aromatic rings. The molecule has 0 fully saturated rings. The Kier molecular flexibility index (Phi) is 3.96. The molecule has 0 aliphatic carbocycles. The van der Waals surface area contributed by atoms with Gasteiger partial charge in [0, 0.05) is 15.9 Å². The maximum Gasteiger partial charge on any atom is 0.303 e. The van der Waals surface area contributed by atoms with Gasteiger partial charge in [0.25, 0.3) is 0 Å². The van der Waals surface area contributed by atoms with Crippen LogP contribution in [0.15, 0.2) is 16.6 Å². The molecule has 0 atom stereocenters. The second kappa shape index (κ2) is 4.80. The SMILES string of the molecule is Cc1c(Cl)cc(Br)cc1CCC(=O)O. The predicted molar refractivity (Wildman–Crippen MR) is 59.8 cm³/mol. The Bertz CT molecular complexity index is 363. The molecular weight excluding hydrogens is 267 g/mol. The average molecular weight is 278 g/mol. The van der Waals surface area contributed by atoms with Gasteiger partial charge in [-0.15, -0.1) is 0 Å². The number of benzene rings is 1. The van der Waals surface area contributed by atoms with Crippen molar-refractivity contribution in [1.82, 2.24) is 0 Å². The van der Waals surface area contributed by atoms with Gasteiger partial charge in [0.05, 0.1) is 0 Å². The normalized spacial score (nSPS) is 10.2. The fraction of sp³-hybridized carbons (Fsp3) is 0.300. The van der Waals surface area contributed by atoms with Crippen molar-refractivity contribution in [3.05, 3.63) is 32.8 Å². The Morgan fingerprint density at radius 1 is 1.57 bits per heavy atom. The maximum atomic E-state index is 10.4. The Labute approximate surface area is 96.0 Å². The highest BCUT2D eigenvalue weighted by molar-refractivity contribution is 9.10. The van der Waals surface area contributed by atoms with Crippen LogP contribution in [0, 0.1) is 6.92 Å². The van der Waals surface area contributed by atoms with Crippen LogP contribution in [-0.4, -0.2) is 11.1 Å². The first kappa shape index (κ1) is 11.5. The summed E-state index contributed by atoms with van der Waals surface area (Å²) in [7, 11) is 0. The van der Waals surface area contributed by atoms with Gasteiger partial charge in [0.1, 0.15) is 0 Å². The number of aryl methyl sites for hydroxylation is 1. The predicted octanol–water partition coefficient (Wildman–Crippen LogP) is 3.43. The third kappa shape index (κ3) is 3.00. The number of carboxylic acid groups (broad SMARTS) is 1. The number of carbonyl (C=O) groups is 1. The molecule has 2 nitrogen and oxygen atoms in total. The van der Waals surface area contributed by atoms with Crippen LogP contribution in [-0.2, 0) is 11.2 Å². The molecule has 0 saturated heterocycles. The third-order valence-electron chi connectivity index (χ3n) is 2.02. The van der Waals surface area contributed by atoms with Gasteiger partial charge in [-0.2, -0.15) is 0 Å². The molecule has 0 aliphatic heterocycles. The van der Waals surface area contributed by atoms with E-state index in [1.165, 1.54) is 0 Å². The molecule has 0 saturated carbocycles. The molecule has 0 spiro atoms. The standard InChI is InChI=1S/C10H10BrClO2/c1-6-7(2-3-10(13)14)4-8(11)5-9(6)12/h4-5H,2-3H2,1H3,(H,13,14). The minimum atomic E-state index is -0.791. The fourth-order valence-corrected chi connectivity index (χ4v) is 2.08. The van der Waals surface area contributed by atoms with Crippen LogP contribution in [0.25, 0.3) is 0 Å². The van der Waals surface area contributed by atoms with Gasteiger partial charge < -0.3 is 5.11 Å². The first-order valence-corrected chi connectivity index (χ1v) is 5.34. The lowest BCUT2D eigenvalue weighted by Gasteiger charge is -2.07. The number of halogens is 2. The number of rotatable bonds is 3. The minimum absolute atomic E-state index is 0.133. The van der Waals surface area contributed by atoms with Crippen molar-refractivity contribution >= 4 is 33.5 Å². The van der Waals surface area contributed by atoms with Crippen molar-refractivity contribution < 1.29 is 9.90 Å². The maximum absolute atomic E-state index is 10.4. The van der Waals surface area contributed by atoms with Gasteiger partial charge in [-0.05, 0) is 36.6 Å². The highest BCUT2D eigenvalue weighted by Crippen LogP contribution is 2.25. The molecule has 14 heavy (non-hydrogen) atoms. The molecule has 4 heteroatoms. The number of aliphatic carboxylic acids is 1. The lowest BCUT2D eigenvalue weighted by molar-refractivity contribution is -0.136. The van der Waals surface area contributed by atoms with E-state index in [9.17, 15) is 4.79 Å². The second-order valence-electron chi connectivity index (χ2n) is 3.07. The van der Waals surface area contributed by atoms with E-state index in [4.69, 9.17) is 16.7 Å². The van der Waals surface area contributed by atoms with Gasteiger partial charge >= 0.3 is 5.97 Å². The van der Waals surface area contributed by atoms with Gasteiger partial charge in [-0.3, -0.25) is 4.79 Å². The summed E-state index contributed by atoms with van der Waals surface area (Å²) in [5.74, 6) is -0.791. The van der Waals surface area contributed by atoms with E-state index in [0.717, 1.165) is 15.6 Å². The van der Waals surface area contributed by atoms with Crippen LogP contribution >= 0.6 is 27.5 Å². The van der Waals surface area contributed by atoms with E-state index in [0.29, 0.717) is 11.4 Å². The largest absolute Gasteiger partial charge is 0.481 e. The van der Waals surface area contributed by atoms with Crippen LogP contribution in [0.2, 0.25) is 5.02 Å². The van der Waals surface area contributed by atoms with E-state index in [1.807, 2.05) is 13.0 Å². The van der Waals surface area contributed by atoms with Crippen molar-refractivity contribution in [3.8, 4) is 0 Å². The lowest BCUT2D eigenvalue weighted by Crippen LogP contribution is -1.99. The highest BCUT2D eigenvalue weighted by atomic mass is 79.9. The van der Waals surface area contributed by atoms with Crippen molar-refractivity contribution in [2.75, 3.05) is 0 Å². The van der Waals surface area contributed by atoms with Gasteiger partial charge in [-0.1, -0.05) is 27.5 Å². The Morgan fingerprint density at radius 3 is 2.79 bits per heavy atom. The summed E-state index contributed by atoms with van der Waals surface area (Å²) in [6, 6.07) is 3.71. The summed E-state index contributed by atoms with van der Waals surface area (Å²) in [6.45, 7) is 1.89. The second-order valence-corrected chi connectivity index (χ2v) is 4.39. The number of hydrogen-bond donors (Lipinski definition) is 1. The van der Waals surface area contributed by atoms with Crippen LogP contribution in [0.1, 0.15) is 17.5 Å². The van der Waals surface area contributed by atoms with Crippen molar-refractivity contribution in [3.63, 3.8) is 0 Å². The molecule has 0 aliphatic rings. The first-order valence-electron chi connectivity index (χ1n) is 4.17. The monoisotopic (exact) mass is 276 g/mol. The summed E-state index contributed by atoms with van der Waals surface area (Å²) < 4.78 is 0.883. The molecule has 1 rings (SSSR count). The smallest absolute Gasteiger partial charge is 0.303 e. The van der Waals surface area contributed by atoms with E-state index in [-0.39, 0.29) is 6.42 Å². The first-order chi connectivity index (χ1) is 6.50. The molecule has 0 amide bonds. The Morgan fingerprint density at radius 2 is 2.21 bits per heavy atom. The van der Waals surface area contributed by atoms with E-state index in [2.05, 4.69) is 15.9 Å². The highest BCUT2D eigenvalue weighted by Gasteiger charge is 2.06. The van der Waals surface area contributed by atoms with Gasteiger partial charge in [-0.25, -0.2) is 0 Å². The topological polar surface area (TPSA) is 37.3 Å². The number of hydrogen-bond acceptors (Lipinski definition) is 1. The van der Waals surface area contributed by atoms with Crippen molar-refractivity contribution in [2.45, 2.75) is 19.8 Å². The molecule has 0 unspecified atom stereocenters. The molecule has 0 aromatic heterocycles. The lowest BCUT2D eigenvalue weighted by atomic mass is 10.0. The van der Waals surface area contributed by atoms with E-state index >= 15 is 0 Å². The molecule has 0 radical (unpaired) electrons. The molecule has 0 heterocycles. The van der Waals surface area contributed by atoms with Crippen molar-refractivity contribution in [2.24, 2.45) is 0 Å².